The van der Waals surface area contributed by atoms with Crippen LogP contribution in [0.3, 0.4) is 0 Å². The standard InChI is InChI=1S/C15H13F2NO3/c16-15(17,13(18)14(19)20)10-6-8-12(9-7-10)21-11-4-2-1-3-5-11/h1-9,13H,18H2,(H,19,20). The van der Waals surface area contributed by atoms with Gasteiger partial charge in [0, 0.05) is 5.56 Å². The lowest BCUT2D eigenvalue weighted by Gasteiger charge is -2.20. The number of halogens is 2. The number of benzene rings is 2. The number of rotatable bonds is 5. The Balaban J connectivity index is 2.17. The van der Waals surface area contributed by atoms with Gasteiger partial charge in [0.25, 0.3) is 5.92 Å². The normalized spacial score (nSPS) is 12.7. The van der Waals surface area contributed by atoms with Crippen molar-refractivity contribution in [3.8, 4) is 11.5 Å². The van der Waals surface area contributed by atoms with Crippen LogP contribution in [0.1, 0.15) is 5.56 Å². The monoisotopic (exact) mass is 293 g/mol. The van der Waals surface area contributed by atoms with Crippen LogP contribution in [0.5, 0.6) is 11.5 Å². The topological polar surface area (TPSA) is 72.6 Å². The van der Waals surface area contributed by atoms with Crippen molar-refractivity contribution in [2.45, 2.75) is 12.0 Å². The van der Waals surface area contributed by atoms with Gasteiger partial charge in [0.1, 0.15) is 11.5 Å². The van der Waals surface area contributed by atoms with Crippen LogP contribution in [-0.4, -0.2) is 17.1 Å². The summed E-state index contributed by atoms with van der Waals surface area (Å²) in [6.07, 6.45) is 0. The molecule has 0 aromatic heterocycles. The third-order valence-electron chi connectivity index (χ3n) is 2.87. The Morgan fingerprint density at radius 3 is 2.10 bits per heavy atom. The average Bonchev–Trinajstić information content (AvgIpc) is 2.48. The predicted octanol–water partition coefficient (Wildman–Crippen LogP) is 2.98. The molecular formula is C15H13F2NO3. The smallest absolute Gasteiger partial charge is 0.327 e. The Morgan fingerprint density at radius 1 is 1.05 bits per heavy atom. The molecule has 0 aliphatic rings. The quantitative estimate of drug-likeness (QED) is 0.889. The number of ether oxygens (including phenoxy) is 1. The first-order valence-electron chi connectivity index (χ1n) is 6.11. The Kier molecular flexibility index (Phi) is 4.18. The molecule has 0 saturated carbocycles. The van der Waals surface area contributed by atoms with Crippen molar-refractivity contribution in [1.82, 2.24) is 0 Å². The molecule has 21 heavy (non-hydrogen) atoms. The molecule has 0 spiro atoms. The first kappa shape index (κ1) is 14.9. The van der Waals surface area contributed by atoms with Crippen LogP contribution < -0.4 is 10.5 Å². The van der Waals surface area contributed by atoms with Crippen molar-refractivity contribution in [3.63, 3.8) is 0 Å². The fraction of sp³-hybridized carbons (Fsp3) is 0.133. The molecule has 4 nitrogen and oxygen atoms in total. The van der Waals surface area contributed by atoms with Crippen molar-refractivity contribution in [1.29, 1.82) is 0 Å². The molecule has 0 bridgehead atoms. The van der Waals surface area contributed by atoms with Crippen molar-refractivity contribution in [2.75, 3.05) is 0 Å². The highest BCUT2D eigenvalue weighted by atomic mass is 19.3. The van der Waals surface area contributed by atoms with Gasteiger partial charge in [-0.05, 0) is 36.4 Å². The van der Waals surface area contributed by atoms with Gasteiger partial charge in [0.15, 0.2) is 6.04 Å². The van der Waals surface area contributed by atoms with Crippen molar-refractivity contribution in [2.24, 2.45) is 5.73 Å². The molecule has 110 valence electrons. The molecule has 2 aromatic rings. The zero-order valence-corrected chi connectivity index (χ0v) is 10.9. The minimum absolute atomic E-state index is 0.365. The predicted molar refractivity (Wildman–Crippen MR) is 72.5 cm³/mol. The van der Waals surface area contributed by atoms with E-state index in [9.17, 15) is 13.6 Å². The van der Waals surface area contributed by atoms with Gasteiger partial charge in [-0.15, -0.1) is 0 Å². The Labute approximate surface area is 119 Å². The number of hydrogen-bond donors (Lipinski definition) is 2. The number of hydrogen-bond acceptors (Lipinski definition) is 3. The molecule has 1 atom stereocenters. The van der Waals surface area contributed by atoms with E-state index in [1.54, 1.807) is 24.3 Å². The molecule has 0 saturated heterocycles. The Hall–Kier alpha value is -2.47. The lowest BCUT2D eigenvalue weighted by molar-refractivity contribution is -0.149. The summed E-state index contributed by atoms with van der Waals surface area (Å²) in [5.74, 6) is -4.48. The molecule has 0 fully saturated rings. The van der Waals surface area contributed by atoms with Crippen molar-refractivity contribution in [3.05, 3.63) is 60.2 Å². The number of carboxylic acids is 1. The summed E-state index contributed by atoms with van der Waals surface area (Å²) in [5.41, 5.74) is 4.53. The van der Waals surface area contributed by atoms with Gasteiger partial charge in [-0.2, -0.15) is 8.78 Å². The van der Waals surface area contributed by atoms with Crippen LogP contribution in [0.15, 0.2) is 54.6 Å². The van der Waals surface area contributed by atoms with Crippen LogP contribution in [-0.2, 0) is 10.7 Å². The van der Waals surface area contributed by atoms with E-state index < -0.39 is 23.5 Å². The van der Waals surface area contributed by atoms with E-state index in [1.165, 1.54) is 12.1 Å². The van der Waals surface area contributed by atoms with Crippen LogP contribution in [0, 0.1) is 0 Å². The molecule has 2 aromatic carbocycles. The largest absolute Gasteiger partial charge is 0.480 e. The maximum Gasteiger partial charge on any atom is 0.327 e. The van der Waals surface area contributed by atoms with E-state index in [0.717, 1.165) is 12.1 Å². The number of carbonyl (C=O) groups is 1. The molecule has 0 aliphatic heterocycles. The molecule has 6 heteroatoms. The van der Waals surface area contributed by atoms with Crippen molar-refractivity contribution < 1.29 is 23.4 Å². The van der Waals surface area contributed by atoms with Gasteiger partial charge in [-0.25, -0.2) is 0 Å². The number of alkyl halides is 2. The van der Waals surface area contributed by atoms with E-state index in [0.29, 0.717) is 11.5 Å². The summed E-state index contributed by atoms with van der Waals surface area (Å²) in [6, 6.07) is 11.4. The summed E-state index contributed by atoms with van der Waals surface area (Å²) in [4.78, 5) is 10.6. The minimum atomic E-state index is -3.66. The van der Waals surface area contributed by atoms with Gasteiger partial charge in [0.2, 0.25) is 0 Å². The molecule has 0 radical (unpaired) electrons. The third kappa shape index (κ3) is 3.35. The van der Waals surface area contributed by atoms with Crippen LogP contribution >= 0.6 is 0 Å². The van der Waals surface area contributed by atoms with Crippen molar-refractivity contribution >= 4 is 5.97 Å². The van der Waals surface area contributed by atoms with Gasteiger partial charge >= 0.3 is 5.97 Å². The third-order valence-corrected chi connectivity index (χ3v) is 2.87. The molecule has 2 rings (SSSR count). The Morgan fingerprint density at radius 2 is 1.57 bits per heavy atom. The molecule has 0 aliphatic carbocycles. The summed E-state index contributed by atoms with van der Waals surface area (Å²) >= 11 is 0. The van der Waals surface area contributed by atoms with Gasteiger partial charge < -0.3 is 15.6 Å². The molecule has 0 heterocycles. The number of para-hydroxylation sites is 1. The molecule has 0 amide bonds. The highest BCUT2D eigenvalue weighted by Crippen LogP contribution is 2.32. The maximum absolute atomic E-state index is 13.8. The molecule has 1 unspecified atom stereocenters. The molecular weight excluding hydrogens is 280 g/mol. The van der Waals surface area contributed by atoms with E-state index in [1.807, 2.05) is 6.07 Å². The van der Waals surface area contributed by atoms with Crippen LogP contribution in [0.2, 0.25) is 0 Å². The average molecular weight is 293 g/mol. The number of aliphatic carboxylic acids is 1. The van der Waals surface area contributed by atoms with E-state index in [4.69, 9.17) is 15.6 Å². The maximum atomic E-state index is 13.8. The van der Waals surface area contributed by atoms with Gasteiger partial charge in [0.05, 0.1) is 0 Å². The lowest BCUT2D eigenvalue weighted by atomic mass is 10.0. The summed E-state index contributed by atoms with van der Waals surface area (Å²) in [5, 5.41) is 8.60. The summed E-state index contributed by atoms with van der Waals surface area (Å²) in [6.45, 7) is 0. The van der Waals surface area contributed by atoms with Gasteiger partial charge in [-0.3, -0.25) is 4.79 Å². The highest BCUT2D eigenvalue weighted by Gasteiger charge is 2.43. The summed E-state index contributed by atoms with van der Waals surface area (Å²) in [7, 11) is 0. The van der Waals surface area contributed by atoms with E-state index in [-0.39, 0.29) is 0 Å². The second-order valence-corrected chi connectivity index (χ2v) is 4.38. The van der Waals surface area contributed by atoms with Gasteiger partial charge in [-0.1, -0.05) is 18.2 Å². The van der Waals surface area contributed by atoms with Crippen LogP contribution in [0.4, 0.5) is 8.78 Å². The Bertz CT molecular complexity index is 615. The fourth-order valence-corrected chi connectivity index (χ4v) is 1.70. The highest BCUT2D eigenvalue weighted by molar-refractivity contribution is 5.75. The first-order chi connectivity index (χ1) is 9.91. The zero-order chi connectivity index (χ0) is 15.5. The minimum Gasteiger partial charge on any atom is -0.480 e. The summed E-state index contributed by atoms with van der Waals surface area (Å²) < 4.78 is 33.1. The molecule has 3 N–H and O–H groups in total. The number of carboxylic acid groups (broad SMARTS) is 1. The number of nitrogens with two attached hydrogens (primary N) is 1. The van der Waals surface area contributed by atoms with Crippen LogP contribution in [0.25, 0.3) is 0 Å². The van der Waals surface area contributed by atoms with E-state index in [2.05, 4.69) is 0 Å². The zero-order valence-electron chi connectivity index (χ0n) is 10.9. The second-order valence-electron chi connectivity index (χ2n) is 4.38. The fourth-order valence-electron chi connectivity index (χ4n) is 1.70. The SMILES string of the molecule is NC(C(=O)O)C(F)(F)c1ccc(Oc2ccccc2)cc1. The second kappa shape index (κ2) is 5.88. The first-order valence-corrected chi connectivity index (χ1v) is 6.11. The van der Waals surface area contributed by atoms with E-state index >= 15 is 0 Å². The lowest BCUT2D eigenvalue weighted by Crippen LogP contribution is -2.45.